The van der Waals surface area contributed by atoms with Gasteiger partial charge in [0.15, 0.2) is 6.19 Å². The maximum atomic E-state index is 12.3. The highest BCUT2D eigenvalue weighted by Crippen LogP contribution is 2.34. The average Bonchev–Trinajstić information content (AvgIpc) is 3.14. The molecule has 2 heterocycles. The number of nitrogens with two attached hydrogens (primary N) is 2. The number of benzene rings is 2. The number of nitrogen functional groups attached to an aromatic ring is 1. The van der Waals surface area contributed by atoms with Crippen molar-refractivity contribution in [2.75, 3.05) is 18.8 Å². The van der Waals surface area contributed by atoms with Crippen molar-refractivity contribution in [3.05, 3.63) is 59.2 Å². The summed E-state index contributed by atoms with van der Waals surface area (Å²) in [5.41, 5.74) is 15.6. The molecule has 164 valence electrons. The number of ether oxygens (including phenoxy) is 1. The molecule has 1 atom stereocenters. The van der Waals surface area contributed by atoms with Gasteiger partial charge in [-0.1, -0.05) is 18.2 Å². The van der Waals surface area contributed by atoms with Crippen LogP contribution in [0.15, 0.2) is 42.5 Å². The molecule has 0 radical (unpaired) electrons. The van der Waals surface area contributed by atoms with E-state index in [9.17, 15) is 10.1 Å². The minimum atomic E-state index is -0.642. The Bertz CT molecular complexity index is 1210. The lowest BCUT2D eigenvalue weighted by atomic mass is 10.1. The number of nitrogens with zero attached hydrogens (tertiary/aromatic N) is 4. The van der Waals surface area contributed by atoms with Crippen molar-refractivity contribution >= 4 is 11.7 Å². The predicted octanol–water partition coefficient (Wildman–Crippen LogP) is 3.76. The zero-order valence-corrected chi connectivity index (χ0v) is 18.2. The molecule has 0 spiro atoms. The fourth-order valence-corrected chi connectivity index (χ4v) is 4.04. The maximum absolute atomic E-state index is 12.3. The van der Waals surface area contributed by atoms with Crippen LogP contribution in [0.25, 0.3) is 11.3 Å². The number of piperidine rings is 1. The van der Waals surface area contributed by atoms with Crippen molar-refractivity contribution in [2.24, 2.45) is 5.73 Å². The van der Waals surface area contributed by atoms with Gasteiger partial charge in [-0.25, -0.2) is 4.68 Å². The molecule has 4 N–H and O–H groups in total. The van der Waals surface area contributed by atoms with E-state index < -0.39 is 5.91 Å². The molecule has 2 aromatic carbocycles. The van der Waals surface area contributed by atoms with Crippen molar-refractivity contribution in [3.63, 3.8) is 0 Å². The van der Waals surface area contributed by atoms with Crippen molar-refractivity contribution < 1.29 is 9.53 Å². The molecule has 0 bridgehead atoms. The zero-order chi connectivity index (χ0) is 22.8. The summed E-state index contributed by atoms with van der Waals surface area (Å²) in [6.45, 7) is 5.29. The molecular formula is C24H26N6O2. The number of aromatic nitrogens is 2. The van der Waals surface area contributed by atoms with Gasteiger partial charge in [0.05, 0.1) is 12.6 Å². The number of nitriles is 1. The molecule has 32 heavy (non-hydrogen) atoms. The van der Waals surface area contributed by atoms with Gasteiger partial charge in [0.25, 0.3) is 5.91 Å². The van der Waals surface area contributed by atoms with E-state index in [1.165, 1.54) is 5.56 Å². The predicted molar refractivity (Wildman–Crippen MR) is 122 cm³/mol. The van der Waals surface area contributed by atoms with Crippen LogP contribution in [0.1, 0.15) is 40.4 Å². The molecule has 0 saturated carbocycles. The SMILES string of the molecule is Cc1ccc(Oc2cccc(-c3nn(C4CCCN(C#N)C4)c(N)c3C(N)=O)c2)cc1C. The summed E-state index contributed by atoms with van der Waals surface area (Å²) >= 11 is 0. The van der Waals surface area contributed by atoms with Crippen molar-refractivity contribution in [1.82, 2.24) is 14.7 Å². The van der Waals surface area contributed by atoms with E-state index in [2.05, 4.69) is 11.3 Å². The third-order valence-electron chi connectivity index (χ3n) is 5.90. The first-order chi connectivity index (χ1) is 15.4. The molecule has 3 aromatic rings. The number of rotatable bonds is 5. The Morgan fingerprint density at radius 3 is 2.69 bits per heavy atom. The number of aryl methyl sites for hydroxylation is 2. The van der Waals surface area contributed by atoms with E-state index >= 15 is 0 Å². The second-order valence-corrected chi connectivity index (χ2v) is 8.14. The standard InChI is InChI=1S/C24H26N6O2/c1-15-8-9-20(11-16(15)2)32-19-7-3-5-17(12-19)22-21(24(27)31)23(26)30(28-22)18-6-4-10-29(13-18)14-25/h3,5,7-9,11-12,18H,4,6,10,13,26H2,1-2H3,(H2,27,31). The minimum Gasteiger partial charge on any atom is -0.457 e. The number of primary amides is 1. The molecule has 1 unspecified atom stereocenters. The highest BCUT2D eigenvalue weighted by Gasteiger charge is 2.28. The van der Waals surface area contributed by atoms with Gasteiger partial charge in [-0.2, -0.15) is 10.4 Å². The average molecular weight is 431 g/mol. The third kappa shape index (κ3) is 4.10. The minimum absolute atomic E-state index is 0.106. The zero-order valence-electron chi connectivity index (χ0n) is 18.2. The molecule has 4 rings (SSSR count). The Morgan fingerprint density at radius 1 is 1.19 bits per heavy atom. The van der Waals surface area contributed by atoms with Gasteiger partial charge in [-0.15, -0.1) is 0 Å². The van der Waals surface area contributed by atoms with E-state index in [0.29, 0.717) is 30.1 Å². The van der Waals surface area contributed by atoms with Gasteiger partial charge >= 0.3 is 0 Å². The quantitative estimate of drug-likeness (QED) is 0.594. The topological polar surface area (TPSA) is 123 Å². The lowest BCUT2D eigenvalue weighted by molar-refractivity contribution is 0.100. The molecule has 1 amide bonds. The first-order valence-corrected chi connectivity index (χ1v) is 10.6. The highest BCUT2D eigenvalue weighted by atomic mass is 16.5. The second kappa shape index (κ2) is 8.63. The number of likely N-dealkylation sites (tertiary alicyclic amines) is 1. The van der Waals surface area contributed by atoms with Crippen molar-refractivity contribution in [3.8, 4) is 28.9 Å². The van der Waals surface area contributed by atoms with Crippen molar-refractivity contribution in [1.29, 1.82) is 5.26 Å². The monoisotopic (exact) mass is 430 g/mol. The Labute approximate surface area is 187 Å². The molecule has 1 saturated heterocycles. The van der Waals surface area contributed by atoms with Crippen LogP contribution < -0.4 is 16.2 Å². The van der Waals surface area contributed by atoms with Crippen LogP contribution in [0.2, 0.25) is 0 Å². The molecule has 1 aromatic heterocycles. The molecule has 1 aliphatic rings. The second-order valence-electron chi connectivity index (χ2n) is 8.14. The van der Waals surface area contributed by atoms with E-state index in [-0.39, 0.29) is 17.4 Å². The summed E-state index contributed by atoms with van der Waals surface area (Å²) in [6.07, 6.45) is 3.84. The van der Waals surface area contributed by atoms with Gasteiger partial charge in [0.1, 0.15) is 28.6 Å². The number of anilines is 1. The summed E-state index contributed by atoms with van der Waals surface area (Å²) < 4.78 is 7.67. The van der Waals surface area contributed by atoms with E-state index in [0.717, 1.165) is 24.2 Å². The summed E-state index contributed by atoms with van der Waals surface area (Å²) in [6, 6.07) is 13.1. The molecule has 8 heteroatoms. The van der Waals surface area contributed by atoms with Gasteiger partial charge < -0.3 is 21.1 Å². The Hall–Kier alpha value is -3.99. The fraction of sp³-hybridized carbons (Fsp3) is 0.292. The largest absolute Gasteiger partial charge is 0.457 e. The maximum Gasteiger partial charge on any atom is 0.254 e. The lowest BCUT2D eigenvalue weighted by Gasteiger charge is -2.29. The number of carbonyl (C=O) groups excluding carboxylic acids is 1. The number of hydrogen-bond donors (Lipinski definition) is 2. The summed E-state index contributed by atoms with van der Waals surface area (Å²) in [5, 5.41) is 13.9. The van der Waals surface area contributed by atoms with Crippen LogP contribution in [0.4, 0.5) is 5.82 Å². The number of carbonyl (C=O) groups is 1. The highest BCUT2D eigenvalue weighted by molar-refractivity contribution is 6.03. The smallest absolute Gasteiger partial charge is 0.254 e. The molecular weight excluding hydrogens is 404 g/mol. The van der Waals surface area contributed by atoms with Crippen LogP contribution >= 0.6 is 0 Å². The van der Waals surface area contributed by atoms with Crippen LogP contribution in [-0.2, 0) is 0 Å². The van der Waals surface area contributed by atoms with Crippen LogP contribution in [0.5, 0.6) is 11.5 Å². The van der Waals surface area contributed by atoms with Gasteiger partial charge in [0.2, 0.25) is 0 Å². The van der Waals surface area contributed by atoms with E-state index in [1.807, 2.05) is 56.3 Å². The fourth-order valence-electron chi connectivity index (χ4n) is 4.04. The van der Waals surface area contributed by atoms with Crippen molar-refractivity contribution in [2.45, 2.75) is 32.7 Å². The number of hydrogen-bond acceptors (Lipinski definition) is 6. The Balaban J connectivity index is 1.70. The van der Waals surface area contributed by atoms with Gasteiger partial charge in [0, 0.05) is 12.1 Å². The van der Waals surface area contributed by atoms with E-state index in [4.69, 9.17) is 16.2 Å². The molecule has 1 aliphatic heterocycles. The molecule has 1 fully saturated rings. The first-order valence-electron chi connectivity index (χ1n) is 10.6. The Kier molecular flexibility index (Phi) is 5.73. The normalized spacial score (nSPS) is 15.9. The van der Waals surface area contributed by atoms with E-state index in [1.54, 1.807) is 9.58 Å². The summed E-state index contributed by atoms with van der Waals surface area (Å²) in [4.78, 5) is 14.0. The lowest BCUT2D eigenvalue weighted by Crippen LogP contribution is -2.34. The first kappa shape index (κ1) is 21.2. The summed E-state index contributed by atoms with van der Waals surface area (Å²) in [7, 11) is 0. The number of amides is 1. The van der Waals surface area contributed by atoms with Gasteiger partial charge in [-0.3, -0.25) is 4.79 Å². The molecule has 0 aliphatic carbocycles. The van der Waals surface area contributed by atoms with Crippen LogP contribution in [-0.4, -0.2) is 33.7 Å². The third-order valence-corrected chi connectivity index (χ3v) is 5.90. The van der Waals surface area contributed by atoms with Gasteiger partial charge in [-0.05, 0) is 62.1 Å². The van der Waals surface area contributed by atoms with Crippen LogP contribution in [0, 0.1) is 25.3 Å². The summed E-state index contributed by atoms with van der Waals surface area (Å²) in [5.74, 6) is 0.918. The molecule has 8 nitrogen and oxygen atoms in total. The van der Waals surface area contributed by atoms with Crippen LogP contribution in [0.3, 0.4) is 0 Å². The Morgan fingerprint density at radius 2 is 1.97 bits per heavy atom.